The molecule has 3 aromatic rings. The molecule has 0 spiro atoms. The molecule has 1 saturated carbocycles. The summed E-state index contributed by atoms with van der Waals surface area (Å²) in [6.45, 7) is 0. The van der Waals surface area contributed by atoms with E-state index in [1.165, 1.54) is 37.4 Å². The van der Waals surface area contributed by atoms with Crippen LogP contribution in [-0.2, 0) is 0 Å². The van der Waals surface area contributed by atoms with Crippen molar-refractivity contribution in [3.05, 3.63) is 47.5 Å². The molecule has 0 atom stereocenters. The number of ether oxygens (including phenoxy) is 2. The second kappa shape index (κ2) is 11.4. The second-order valence-electron chi connectivity index (χ2n) is 7.83. The average Bonchev–Trinajstić information content (AvgIpc) is 3.08. The summed E-state index contributed by atoms with van der Waals surface area (Å²) in [5.41, 5.74) is 0.764. The lowest BCUT2D eigenvalue weighted by Crippen LogP contribution is -2.20. The van der Waals surface area contributed by atoms with Crippen molar-refractivity contribution in [3.8, 4) is 11.5 Å². The molecule has 2 N–H and O–H groups in total. The number of aromatic nitrogens is 3. The van der Waals surface area contributed by atoms with E-state index in [0.29, 0.717) is 33.9 Å². The molecule has 0 unspecified atom stereocenters. The van der Waals surface area contributed by atoms with Gasteiger partial charge in [0.2, 0.25) is 11.9 Å². The van der Waals surface area contributed by atoms with Crippen molar-refractivity contribution in [2.75, 3.05) is 24.9 Å². The second-order valence-corrected chi connectivity index (χ2v) is 9.24. The number of hydrogen-bond donors (Lipinski definition) is 2. The van der Waals surface area contributed by atoms with E-state index in [-0.39, 0.29) is 0 Å². The zero-order valence-electron chi connectivity index (χ0n) is 18.8. The molecule has 4 rings (SSSR count). The van der Waals surface area contributed by atoms with Gasteiger partial charge >= 0.3 is 0 Å². The Bertz CT molecular complexity index is 1080. The third-order valence-corrected chi connectivity index (χ3v) is 6.70. The lowest BCUT2D eigenvalue weighted by Gasteiger charge is -2.17. The van der Waals surface area contributed by atoms with Crippen LogP contribution in [0.5, 0.6) is 11.5 Å². The molecule has 0 amide bonds. The Kier molecular flexibility index (Phi) is 8.12. The summed E-state index contributed by atoms with van der Waals surface area (Å²) in [6.07, 6.45) is 7.27. The smallest absolute Gasteiger partial charge is 0.233 e. The van der Waals surface area contributed by atoms with Crippen LogP contribution in [0.25, 0.3) is 0 Å². The molecule has 1 heterocycles. The van der Waals surface area contributed by atoms with Crippen molar-refractivity contribution in [1.82, 2.24) is 15.0 Å². The number of hydrogen-bond acceptors (Lipinski definition) is 8. The number of benzene rings is 2. The lowest BCUT2D eigenvalue weighted by molar-refractivity contribution is 0.405. The van der Waals surface area contributed by atoms with Gasteiger partial charge in [0.1, 0.15) is 11.5 Å². The van der Waals surface area contributed by atoms with Crippen LogP contribution in [-0.4, -0.2) is 35.2 Å². The van der Waals surface area contributed by atoms with E-state index in [2.05, 4.69) is 20.6 Å². The van der Waals surface area contributed by atoms with Crippen molar-refractivity contribution in [2.24, 2.45) is 0 Å². The molecule has 9 heteroatoms. The molecule has 7 nitrogen and oxygen atoms in total. The van der Waals surface area contributed by atoms with E-state index in [9.17, 15) is 0 Å². The summed E-state index contributed by atoms with van der Waals surface area (Å²) in [7, 11) is 3.25. The molecule has 1 fully saturated rings. The minimum absolute atomic E-state index is 0.363. The van der Waals surface area contributed by atoms with Gasteiger partial charge in [-0.25, -0.2) is 0 Å². The minimum Gasteiger partial charge on any atom is -0.496 e. The van der Waals surface area contributed by atoms with Gasteiger partial charge in [0, 0.05) is 11.7 Å². The summed E-state index contributed by atoms with van der Waals surface area (Å²) < 4.78 is 10.7. The van der Waals surface area contributed by atoms with Gasteiger partial charge in [-0.1, -0.05) is 49.4 Å². The summed E-state index contributed by atoms with van der Waals surface area (Å²) in [4.78, 5) is 14.9. The van der Waals surface area contributed by atoms with Crippen LogP contribution >= 0.6 is 23.4 Å². The van der Waals surface area contributed by atoms with Crippen LogP contribution in [0.4, 0.5) is 17.6 Å². The quantitative estimate of drug-likeness (QED) is 0.346. The number of para-hydroxylation sites is 1. The number of nitrogens with one attached hydrogen (secondary N) is 2. The van der Waals surface area contributed by atoms with Gasteiger partial charge in [0.15, 0.2) is 5.16 Å². The minimum atomic E-state index is 0.363. The molecule has 0 saturated heterocycles. The zero-order valence-corrected chi connectivity index (χ0v) is 20.4. The van der Waals surface area contributed by atoms with E-state index in [0.717, 1.165) is 29.2 Å². The largest absolute Gasteiger partial charge is 0.496 e. The Morgan fingerprint density at radius 3 is 2.33 bits per heavy atom. The first kappa shape index (κ1) is 23.4. The average molecular weight is 486 g/mol. The van der Waals surface area contributed by atoms with E-state index in [4.69, 9.17) is 26.1 Å². The molecule has 0 aliphatic heterocycles. The molecule has 1 aliphatic rings. The van der Waals surface area contributed by atoms with Crippen molar-refractivity contribution < 1.29 is 9.47 Å². The normalized spacial score (nSPS) is 14.4. The van der Waals surface area contributed by atoms with Gasteiger partial charge in [-0.3, -0.25) is 0 Å². The number of nitrogens with zero attached hydrogens (tertiary/aromatic N) is 3. The van der Waals surface area contributed by atoms with Crippen molar-refractivity contribution >= 4 is 40.9 Å². The van der Waals surface area contributed by atoms with Gasteiger partial charge < -0.3 is 20.1 Å². The van der Waals surface area contributed by atoms with Crippen LogP contribution in [0.3, 0.4) is 0 Å². The molecule has 1 aromatic heterocycles. The van der Waals surface area contributed by atoms with Gasteiger partial charge in [0.05, 0.1) is 24.1 Å². The van der Waals surface area contributed by atoms with Crippen LogP contribution in [0.1, 0.15) is 38.5 Å². The fourth-order valence-electron chi connectivity index (χ4n) is 3.80. The summed E-state index contributed by atoms with van der Waals surface area (Å²) in [5.74, 6) is 2.40. The molecule has 1 aliphatic carbocycles. The molecule has 33 heavy (non-hydrogen) atoms. The molecule has 174 valence electrons. The first-order valence-corrected chi connectivity index (χ1v) is 12.3. The van der Waals surface area contributed by atoms with E-state index in [1.807, 2.05) is 30.3 Å². The number of methoxy groups -OCH3 is 2. The van der Waals surface area contributed by atoms with Gasteiger partial charge in [-0.05, 0) is 54.9 Å². The highest BCUT2D eigenvalue weighted by atomic mass is 35.5. The van der Waals surface area contributed by atoms with E-state index < -0.39 is 0 Å². The highest BCUT2D eigenvalue weighted by Crippen LogP contribution is 2.34. The third kappa shape index (κ3) is 6.42. The highest BCUT2D eigenvalue weighted by Gasteiger charge is 2.16. The van der Waals surface area contributed by atoms with Crippen LogP contribution in [0.15, 0.2) is 52.5 Å². The van der Waals surface area contributed by atoms with E-state index >= 15 is 0 Å². The fourth-order valence-corrected chi connectivity index (χ4v) is 4.92. The Morgan fingerprint density at radius 2 is 1.61 bits per heavy atom. The maximum Gasteiger partial charge on any atom is 0.233 e. The number of halogens is 1. The van der Waals surface area contributed by atoms with Crippen LogP contribution in [0.2, 0.25) is 5.02 Å². The first-order valence-electron chi connectivity index (χ1n) is 11.1. The topological polar surface area (TPSA) is 81.2 Å². The first-order chi connectivity index (χ1) is 16.1. The van der Waals surface area contributed by atoms with Gasteiger partial charge in [-0.15, -0.1) is 0 Å². The monoisotopic (exact) mass is 485 g/mol. The van der Waals surface area contributed by atoms with Crippen LogP contribution < -0.4 is 20.1 Å². The van der Waals surface area contributed by atoms with E-state index in [1.54, 1.807) is 26.4 Å². The van der Waals surface area contributed by atoms with Crippen LogP contribution in [0, 0.1) is 0 Å². The summed E-state index contributed by atoms with van der Waals surface area (Å²) >= 11 is 7.73. The SMILES string of the molecule is COc1ccc(Nc2nc(NC3CCCCCC3)nc(Sc3ccccc3OC)n2)cc1Cl. The Labute approximate surface area is 203 Å². The number of anilines is 3. The predicted octanol–water partition coefficient (Wildman–Crippen LogP) is 6.57. The fraction of sp³-hybridized carbons (Fsp3) is 0.375. The standard InChI is InChI=1S/C24H28ClN5O2S/c1-31-19-14-13-17(15-18(19)25)27-23-28-22(26-16-9-5-3-4-6-10-16)29-24(30-23)33-21-12-8-7-11-20(21)32-2/h7-8,11-16H,3-6,9-10H2,1-2H3,(H2,26,27,28,29,30). The predicted molar refractivity (Wildman–Crippen MR) is 133 cm³/mol. The maximum absolute atomic E-state index is 6.29. The third-order valence-electron chi connectivity index (χ3n) is 5.48. The highest BCUT2D eigenvalue weighted by molar-refractivity contribution is 7.99. The molecule has 2 aromatic carbocycles. The van der Waals surface area contributed by atoms with Crippen molar-refractivity contribution in [3.63, 3.8) is 0 Å². The Morgan fingerprint density at radius 1 is 0.879 bits per heavy atom. The Hall–Kier alpha value is -2.71. The van der Waals surface area contributed by atoms with Crippen molar-refractivity contribution in [1.29, 1.82) is 0 Å². The lowest BCUT2D eigenvalue weighted by atomic mass is 10.1. The molecule has 0 bridgehead atoms. The van der Waals surface area contributed by atoms with Gasteiger partial charge in [-0.2, -0.15) is 15.0 Å². The Balaban J connectivity index is 1.62. The molecular formula is C24H28ClN5O2S. The summed E-state index contributed by atoms with van der Waals surface area (Å²) in [6, 6.07) is 13.7. The van der Waals surface area contributed by atoms with Crippen molar-refractivity contribution in [2.45, 2.75) is 54.6 Å². The molecule has 0 radical (unpaired) electrons. The zero-order chi connectivity index (χ0) is 23.0. The summed E-state index contributed by atoms with van der Waals surface area (Å²) in [5, 5.41) is 7.88. The molecular weight excluding hydrogens is 458 g/mol. The number of rotatable bonds is 8. The van der Waals surface area contributed by atoms with Gasteiger partial charge in [0.25, 0.3) is 0 Å². The maximum atomic E-state index is 6.29.